The van der Waals surface area contributed by atoms with Crippen LogP contribution in [0.3, 0.4) is 0 Å². The highest BCUT2D eigenvalue weighted by atomic mass is 32.1. The molecule has 12 heteroatoms. The van der Waals surface area contributed by atoms with Crippen LogP contribution in [0.4, 0.5) is 18.9 Å². The van der Waals surface area contributed by atoms with Crippen LogP contribution < -0.4 is 0 Å². The molecule has 158 valence electrons. The lowest BCUT2D eigenvalue weighted by Crippen LogP contribution is -2.13. The van der Waals surface area contributed by atoms with Gasteiger partial charge in [-0.15, -0.1) is 11.3 Å². The van der Waals surface area contributed by atoms with Gasteiger partial charge in [-0.3, -0.25) is 14.9 Å². The number of fused-ring (bicyclic) bond motifs is 1. The lowest BCUT2D eigenvalue weighted by atomic mass is 9.97. The summed E-state index contributed by atoms with van der Waals surface area (Å²) in [7, 11) is 1.05. The maximum atomic E-state index is 12.9. The van der Waals surface area contributed by atoms with Gasteiger partial charge in [-0.2, -0.15) is 18.4 Å². The number of hydrogen-bond donors (Lipinski definition) is 0. The van der Waals surface area contributed by atoms with E-state index in [2.05, 4.69) is 9.72 Å². The molecule has 2 aromatic carbocycles. The average molecular weight is 449 g/mol. The number of ether oxygens (including phenoxy) is 1. The molecule has 8 nitrogen and oxygen atoms in total. The van der Waals surface area contributed by atoms with Crippen LogP contribution in [0.25, 0.3) is 10.2 Å². The maximum Gasteiger partial charge on any atom is 0.416 e. The number of aromatic nitrogens is 1. The van der Waals surface area contributed by atoms with E-state index < -0.39 is 40.0 Å². The van der Waals surface area contributed by atoms with Gasteiger partial charge in [0.1, 0.15) is 5.01 Å². The maximum absolute atomic E-state index is 12.9. The van der Waals surface area contributed by atoms with Crippen LogP contribution in [0.5, 0.6) is 0 Å². The first-order chi connectivity index (χ1) is 14.5. The number of rotatable bonds is 5. The van der Waals surface area contributed by atoms with Gasteiger partial charge in [-0.1, -0.05) is 0 Å². The van der Waals surface area contributed by atoms with E-state index in [1.54, 1.807) is 6.07 Å². The first-order valence-electron chi connectivity index (χ1n) is 8.34. The van der Waals surface area contributed by atoms with Crippen LogP contribution >= 0.6 is 11.3 Å². The van der Waals surface area contributed by atoms with Gasteiger partial charge >= 0.3 is 12.1 Å². The smallest absolute Gasteiger partial charge is 0.416 e. The molecule has 1 aromatic heterocycles. The van der Waals surface area contributed by atoms with E-state index >= 15 is 0 Å². The molecule has 0 bridgehead atoms. The van der Waals surface area contributed by atoms with Gasteiger partial charge in [0.05, 0.1) is 39.4 Å². The van der Waals surface area contributed by atoms with Crippen LogP contribution in [0, 0.1) is 21.4 Å². The second kappa shape index (κ2) is 8.11. The molecule has 1 atom stereocenters. The Labute approximate surface area is 175 Å². The molecule has 3 rings (SSSR count). The number of carbonyl (C=O) groups is 2. The summed E-state index contributed by atoms with van der Waals surface area (Å²) in [6.45, 7) is 0. The molecule has 0 fully saturated rings. The quantitative estimate of drug-likeness (QED) is 0.243. The number of esters is 1. The fourth-order valence-electron chi connectivity index (χ4n) is 2.73. The monoisotopic (exact) mass is 449 g/mol. The van der Waals surface area contributed by atoms with Crippen molar-refractivity contribution in [1.29, 1.82) is 5.26 Å². The number of hydrogen-bond acceptors (Lipinski definition) is 8. The Bertz CT molecular complexity index is 1260. The number of non-ortho nitro benzene ring substituents is 1. The minimum atomic E-state index is -4.57. The Morgan fingerprint density at radius 2 is 1.90 bits per heavy atom. The SMILES string of the molecule is COC(=O)c1cc(C(=O)[C@H](C#N)c2nc3ccc(C(F)(F)F)cc3s2)cc([N+](=O)[O-])c1. The number of nitrogens with zero attached hydrogens (tertiary/aromatic N) is 3. The molecule has 0 N–H and O–H groups in total. The van der Waals surface area contributed by atoms with Crippen LogP contribution in [-0.4, -0.2) is 28.8 Å². The minimum Gasteiger partial charge on any atom is -0.465 e. The molecule has 0 aliphatic heterocycles. The molecule has 0 amide bonds. The van der Waals surface area contributed by atoms with Gasteiger partial charge in [0.15, 0.2) is 11.7 Å². The second-order valence-corrected chi connectivity index (χ2v) is 7.24. The van der Waals surface area contributed by atoms with Crippen LogP contribution in [0.1, 0.15) is 37.2 Å². The van der Waals surface area contributed by atoms with E-state index in [0.717, 1.165) is 54.8 Å². The molecule has 0 aliphatic rings. The van der Waals surface area contributed by atoms with Gasteiger partial charge in [0, 0.05) is 17.7 Å². The molecule has 0 radical (unpaired) electrons. The number of benzene rings is 2. The molecule has 0 spiro atoms. The van der Waals surface area contributed by atoms with Gasteiger partial charge in [-0.05, 0) is 24.3 Å². The van der Waals surface area contributed by atoms with E-state index in [9.17, 15) is 38.1 Å². The van der Waals surface area contributed by atoms with Crippen LogP contribution in [0.15, 0.2) is 36.4 Å². The van der Waals surface area contributed by atoms with E-state index in [1.807, 2.05) is 0 Å². The van der Waals surface area contributed by atoms with Crippen molar-refractivity contribution in [1.82, 2.24) is 4.98 Å². The summed E-state index contributed by atoms with van der Waals surface area (Å²) in [6, 6.07) is 7.40. The minimum absolute atomic E-state index is 0.0760. The summed E-state index contributed by atoms with van der Waals surface area (Å²) in [4.78, 5) is 39.1. The highest BCUT2D eigenvalue weighted by Crippen LogP contribution is 2.35. The van der Waals surface area contributed by atoms with Crippen molar-refractivity contribution in [3.63, 3.8) is 0 Å². The molecule has 0 saturated heterocycles. The largest absolute Gasteiger partial charge is 0.465 e. The first-order valence-corrected chi connectivity index (χ1v) is 9.16. The molecular formula is C19H10F3N3O5S. The van der Waals surface area contributed by atoms with Crippen LogP contribution in [0.2, 0.25) is 0 Å². The standard InChI is InChI=1S/C19H10F3N3O5S/c1-30-18(27)10-4-9(5-12(6-10)25(28)29)16(26)13(8-23)17-24-14-3-2-11(19(20,21)22)7-15(14)31-17/h2-7,13H,1H3/t13-/m0/s1. The van der Waals surface area contributed by atoms with E-state index in [4.69, 9.17) is 0 Å². The van der Waals surface area contributed by atoms with E-state index in [0.29, 0.717) is 0 Å². The number of methoxy groups -OCH3 is 1. The predicted molar refractivity (Wildman–Crippen MR) is 102 cm³/mol. The molecule has 31 heavy (non-hydrogen) atoms. The average Bonchev–Trinajstić information content (AvgIpc) is 3.15. The number of thiazole rings is 1. The highest BCUT2D eigenvalue weighted by molar-refractivity contribution is 7.18. The lowest BCUT2D eigenvalue weighted by molar-refractivity contribution is -0.384. The molecule has 0 aliphatic carbocycles. The van der Waals surface area contributed by atoms with Crippen LogP contribution in [-0.2, 0) is 10.9 Å². The zero-order valence-corrected chi connectivity index (χ0v) is 16.3. The lowest BCUT2D eigenvalue weighted by Gasteiger charge is -2.07. The fourth-order valence-corrected chi connectivity index (χ4v) is 3.78. The molecule has 0 saturated carbocycles. The van der Waals surface area contributed by atoms with Crippen molar-refractivity contribution in [2.75, 3.05) is 7.11 Å². The van der Waals surface area contributed by atoms with Crippen molar-refractivity contribution in [3.8, 4) is 6.07 Å². The Balaban J connectivity index is 2.06. The summed E-state index contributed by atoms with van der Waals surface area (Å²) in [5.74, 6) is -3.36. The van der Waals surface area contributed by atoms with Crippen molar-refractivity contribution in [2.45, 2.75) is 12.1 Å². The van der Waals surface area contributed by atoms with Crippen molar-refractivity contribution < 1.29 is 32.4 Å². The van der Waals surface area contributed by atoms with Gasteiger partial charge < -0.3 is 4.74 Å². The number of nitro groups is 1. The Morgan fingerprint density at radius 1 is 1.23 bits per heavy atom. The summed E-state index contributed by atoms with van der Waals surface area (Å²) in [5, 5.41) is 20.6. The van der Waals surface area contributed by atoms with Crippen molar-refractivity contribution in [2.24, 2.45) is 0 Å². The number of nitriles is 1. The third-order valence-corrected chi connectivity index (χ3v) is 5.29. The normalized spacial score (nSPS) is 12.2. The van der Waals surface area contributed by atoms with Crippen molar-refractivity contribution in [3.05, 3.63) is 68.2 Å². The molecular weight excluding hydrogens is 439 g/mol. The Kier molecular flexibility index (Phi) is 5.72. The fraction of sp³-hybridized carbons (Fsp3) is 0.158. The summed E-state index contributed by atoms with van der Waals surface area (Å²) in [5.41, 5.74) is -1.89. The van der Waals surface area contributed by atoms with Gasteiger partial charge in [-0.25, -0.2) is 9.78 Å². The first kappa shape index (κ1) is 21.8. The third kappa shape index (κ3) is 4.36. The van der Waals surface area contributed by atoms with Gasteiger partial charge in [0.2, 0.25) is 0 Å². The zero-order chi connectivity index (χ0) is 22.9. The Morgan fingerprint density at radius 3 is 2.48 bits per heavy atom. The van der Waals surface area contributed by atoms with E-state index in [-0.39, 0.29) is 26.4 Å². The van der Waals surface area contributed by atoms with E-state index in [1.165, 1.54) is 0 Å². The molecule has 3 aromatic rings. The Hall–Kier alpha value is -3.85. The van der Waals surface area contributed by atoms with Crippen molar-refractivity contribution >= 4 is 39.0 Å². The third-order valence-electron chi connectivity index (χ3n) is 4.20. The topological polar surface area (TPSA) is 123 Å². The molecule has 1 heterocycles. The molecule has 0 unspecified atom stereocenters. The number of nitro benzene ring substituents is 1. The second-order valence-electron chi connectivity index (χ2n) is 6.18. The number of Topliss-reactive ketones (excluding diaryl/α,β-unsaturated/α-hetero) is 1. The number of carbonyl (C=O) groups excluding carboxylic acids is 2. The van der Waals surface area contributed by atoms with Gasteiger partial charge in [0.25, 0.3) is 5.69 Å². The predicted octanol–water partition coefficient (Wildman–Crippen LogP) is 4.50. The highest BCUT2D eigenvalue weighted by Gasteiger charge is 2.32. The number of alkyl halides is 3. The summed E-state index contributed by atoms with van der Waals surface area (Å²) in [6.07, 6.45) is -4.57. The number of halogens is 3. The number of ketones is 1. The summed E-state index contributed by atoms with van der Waals surface area (Å²) < 4.78 is 43.4. The zero-order valence-electron chi connectivity index (χ0n) is 15.5. The summed E-state index contributed by atoms with van der Waals surface area (Å²) >= 11 is 0.729.